The number of hydrogen-bond donors (Lipinski definition) is 2. The van der Waals surface area contributed by atoms with E-state index in [0.29, 0.717) is 10.6 Å². The van der Waals surface area contributed by atoms with E-state index in [2.05, 4.69) is 19.2 Å². The zero-order valence-electron chi connectivity index (χ0n) is 11.7. The van der Waals surface area contributed by atoms with E-state index in [1.165, 1.54) is 17.8 Å². The zero-order valence-corrected chi connectivity index (χ0v) is 12.6. The van der Waals surface area contributed by atoms with Crippen LogP contribution in [0.4, 0.5) is 10.7 Å². The number of carbonyl (C=O) groups is 1. The minimum atomic E-state index is -0.000240. The Morgan fingerprint density at radius 2 is 2.06 bits per heavy atom. The molecule has 0 radical (unpaired) electrons. The second-order valence-electron chi connectivity index (χ2n) is 5.38. The Bertz CT molecular complexity index is 396. The molecule has 0 aliphatic heterocycles. The first-order valence-electron chi connectivity index (χ1n) is 6.59. The van der Waals surface area contributed by atoms with Gasteiger partial charge in [0.1, 0.15) is 0 Å². The van der Waals surface area contributed by atoms with Crippen molar-refractivity contribution in [1.29, 1.82) is 0 Å². The first kappa shape index (κ1) is 15.0. The van der Waals surface area contributed by atoms with Gasteiger partial charge in [-0.3, -0.25) is 4.79 Å². The summed E-state index contributed by atoms with van der Waals surface area (Å²) >= 11 is 1.47. The molecule has 1 aromatic rings. The van der Waals surface area contributed by atoms with Crippen molar-refractivity contribution in [3.05, 3.63) is 10.9 Å². The molecule has 0 aromatic carbocycles. The summed E-state index contributed by atoms with van der Waals surface area (Å²) in [6.45, 7) is 9.19. The highest BCUT2D eigenvalue weighted by molar-refractivity contribution is 7.18. The minimum Gasteiger partial charge on any atom is -0.397 e. The van der Waals surface area contributed by atoms with Crippen molar-refractivity contribution >= 4 is 27.8 Å². The van der Waals surface area contributed by atoms with Crippen molar-refractivity contribution in [2.45, 2.75) is 40.5 Å². The third kappa shape index (κ3) is 4.33. The monoisotopic (exact) mass is 268 g/mol. The van der Waals surface area contributed by atoms with E-state index in [0.717, 1.165) is 23.9 Å². The van der Waals surface area contributed by atoms with Gasteiger partial charge in [-0.2, -0.15) is 0 Å². The molecule has 0 unspecified atom stereocenters. The van der Waals surface area contributed by atoms with Gasteiger partial charge in [-0.15, -0.1) is 11.3 Å². The molecule has 0 spiro atoms. The van der Waals surface area contributed by atoms with Crippen LogP contribution in [0.2, 0.25) is 0 Å². The summed E-state index contributed by atoms with van der Waals surface area (Å²) in [4.78, 5) is 12.6. The fourth-order valence-electron chi connectivity index (χ4n) is 1.67. The molecular weight excluding hydrogens is 244 g/mol. The largest absolute Gasteiger partial charge is 0.397 e. The SMILES string of the molecule is CC(C)CCCNc1cc(N)c(C(=O)C(C)C)s1. The Morgan fingerprint density at radius 1 is 1.39 bits per heavy atom. The summed E-state index contributed by atoms with van der Waals surface area (Å²) in [6.07, 6.45) is 2.36. The highest BCUT2D eigenvalue weighted by atomic mass is 32.1. The third-order valence-electron chi connectivity index (χ3n) is 2.77. The highest BCUT2D eigenvalue weighted by Gasteiger charge is 2.17. The average molecular weight is 268 g/mol. The predicted octanol–water partition coefficient (Wildman–Crippen LogP) is 4.02. The number of nitrogens with two attached hydrogens (primary N) is 1. The zero-order chi connectivity index (χ0) is 13.7. The summed E-state index contributed by atoms with van der Waals surface area (Å²) in [5.41, 5.74) is 6.48. The fraction of sp³-hybridized carbons (Fsp3) is 0.643. The van der Waals surface area contributed by atoms with Gasteiger partial charge in [-0.05, 0) is 24.8 Å². The molecule has 0 bridgehead atoms. The molecule has 0 fully saturated rings. The summed E-state index contributed by atoms with van der Waals surface area (Å²) in [5.74, 6) is 0.866. The Kier molecular flexibility index (Phi) is 5.66. The van der Waals surface area contributed by atoms with Gasteiger partial charge in [0.25, 0.3) is 0 Å². The number of Topliss-reactive ketones (excluding diaryl/α,β-unsaturated/α-hetero) is 1. The predicted molar refractivity (Wildman–Crippen MR) is 80.5 cm³/mol. The molecule has 0 amide bonds. The summed E-state index contributed by atoms with van der Waals surface area (Å²) in [7, 11) is 0. The van der Waals surface area contributed by atoms with E-state index in [-0.39, 0.29) is 11.7 Å². The van der Waals surface area contributed by atoms with Crippen LogP contribution in [0.3, 0.4) is 0 Å². The average Bonchev–Trinajstić information content (AvgIpc) is 2.64. The van der Waals surface area contributed by atoms with E-state index >= 15 is 0 Å². The van der Waals surface area contributed by atoms with Crippen molar-refractivity contribution in [3.63, 3.8) is 0 Å². The highest BCUT2D eigenvalue weighted by Crippen LogP contribution is 2.31. The van der Waals surface area contributed by atoms with Gasteiger partial charge in [0.05, 0.1) is 15.6 Å². The van der Waals surface area contributed by atoms with Crippen LogP contribution in [-0.2, 0) is 0 Å². The van der Waals surface area contributed by atoms with Crippen LogP contribution in [0.25, 0.3) is 0 Å². The maximum atomic E-state index is 11.9. The maximum Gasteiger partial charge on any atom is 0.177 e. The van der Waals surface area contributed by atoms with E-state index in [4.69, 9.17) is 5.73 Å². The van der Waals surface area contributed by atoms with Crippen LogP contribution in [0.5, 0.6) is 0 Å². The van der Waals surface area contributed by atoms with Crippen molar-refractivity contribution in [2.24, 2.45) is 11.8 Å². The number of rotatable bonds is 7. The summed E-state index contributed by atoms with van der Waals surface area (Å²) in [5, 5.41) is 4.34. The quantitative estimate of drug-likeness (QED) is 0.580. The molecule has 4 heteroatoms. The van der Waals surface area contributed by atoms with E-state index < -0.39 is 0 Å². The van der Waals surface area contributed by atoms with E-state index in [9.17, 15) is 4.79 Å². The Labute approximate surface area is 114 Å². The fourth-order valence-corrected chi connectivity index (χ4v) is 2.76. The van der Waals surface area contributed by atoms with Gasteiger partial charge in [-0.25, -0.2) is 0 Å². The van der Waals surface area contributed by atoms with Crippen LogP contribution in [-0.4, -0.2) is 12.3 Å². The smallest absolute Gasteiger partial charge is 0.177 e. The molecule has 0 saturated heterocycles. The Balaban J connectivity index is 2.54. The second kappa shape index (κ2) is 6.78. The molecule has 0 aliphatic rings. The lowest BCUT2D eigenvalue weighted by molar-refractivity contribution is 0.0944. The number of thiophene rings is 1. The molecule has 18 heavy (non-hydrogen) atoms. The molecule has 0 saturated carbocycles. The van der Waals surface area contributed by atoms with Crippen molar-refractivity contribution in [3.8, 4) is 0 Å². The first-order valence-corrected chi connectivity index (χ1v) is 7.40. The lowest BCUT2D eigenvalue weighted by Crippen LogP contribution is -2.07. The van der Waals surface area contributed by atoms with Crippen LogP contribution in [0, 0.1) is 11.8 Å². The molecule has 102 valence electrons. The molecule has 0 atom stereocenters. The standard InChI is InChI=1S/C14H24N2OS/c1-9(2)6-5-7-16-12-8-11(15)14(18-12)13(17)10(3)4/h8-10,16H,5-7,15H2,1-4H3. The van der Waals surface area contributed by atoms with Gasteiger partial charge in [0.2, 0.25) is 0 Å². The molecule has 0 aliphatic carbocycles. The lowest BCUT2D eigenvalue weighted by atomic mass is 10.1. The van der Waals surface area contributed by atoms with E-state index in [1.54, 1.807) is 0 Å². The van der Waals surface area contributed by atoms with Gasteiger partial charge in [0, 0.05) is 12.5 Å². The summed E-state index contributed by atoms with van der Waals surface area (Å²) < 4.78 is 0. The molecule has 3 nitrogen and oxygen atoms in total. The Morgan fingerprint density at radius 3 is 2.61 bits per heavy atom. The lowest BCUT2D eigenvalue weighted by Gasteiger charge is -2.05. The molecule has 1 heterocycles. The minimum absolute atomic E-state index is 0.000240. The molecule has 3 N–H and O–H groups in total. The second-order valence-corrected chi connectivity index (χ2v) is 6.43. The number of nitrogen functional groups attached to an aromatic ring is 1. The Hall–Kier alpha value is -1.03. The number of ketones is 1. The molecule has 1 aromatic heterocycles. The van der Waals surface area contributed by atoms with Gasteiger partial charge < -0.3 is 11.1 Å². The molecule has 1 rings (SSSR count). The first-order chi connectivity index (χ1) is 8.41. The topological polar surface area (TPSA) is 55.1 Å². The van der Waals surface area contributed by atoms with Crippen LogP contribution >= 0.6 is 11.3 Å². The van der Waals surface area contributed by atoms with Crippen LogP contribution in [0.15, 0.2) is 6.07 Å². The van der Waals surface area contributed by atoms with Crippen LogP contribution < -0.4 is 11.1 Å². The van der Waals surface area contributed by atoms with Crippen molar-refractivity contribution < 1.29 is 4.79 Å². The third-order valence-corrected chi connectivity index (χ3v) is 3.89. The number of anilines is 2. The number of carbonyl (C=O) groups excluding carboxylic acids is 1. The molecular formula is C14H24N2OS. The maximum absolute atomic E-state index is 11.9. The number of nitrogens with one attached hydrogen (secondary N) is 1. The van der Waals surface area contributed by atoms with Crippen molar-refractivity contribution in [1.82, 2.24) is 0 Å². The van der Waals surface area contributed by atoms with Crippen molar-refractivity contribution in [2.75, 3.05) is 17.6 Å². The summed E-state index contributed by atoms with van der Waals surface area (Å²) in [6, 6.07) is 1.87. The van der Waals surface area contributed by atoms with E-state index in [1.807, 2.05) is 19.9 Å². The van der Waals surface area contributed by atoms with Gasteiger partial charge in [0.15, 0.2) is 5.78 Å². The normalized spacial score (nSPS) is 11.2. The van der Waals surface area contributed by atoms with Crippen LogP contribution in [0.1, 0.15) is 50.2 Å². The number of hydrogen-bond acceptors (Lipinski definition) is 4. The van der Waals surface area contributed by atoms with Gasteiger partial charge in [-0.1, -0.05) is 27.7 Å². The van der Waals surface area contributed by atoms with Gasteiger partial charge >= 0.3 is 0 Å².